The van der Waals surface area contributed by atoms with E-state index in [1.54, 1.807) is 6.92 Å². The molecule has 0 bridgehead atoms. The Morgan fingerprint density at radius 2 is 1.51 bits per heavy atom. The molecule has 2 aromatic rings. The van der Waals surface area contributed by atoms with E-state index in [9.17, 15) is 62.7 Å². The van der Waals surface area contributed by atoms with Crippen LogP contribution in [0.15, 0.2) is 12.7 Å². The zero-order valence-electron chi connectivity index (χ0n) is 39.9. The quantitative estimate of drug-likeness (QED) is 0.0285. The minimum atomic E-state index is -5.59. The van der Waals surface area contributed by atoms with Crippen molar-refractivity contribution >= 4 is 74.9 Å². The molecule has 0 radical (unpaired) electrons. The number of ether oxygens (including phenoxy) is 1. The molecule has 10 atom stereocenters. The molecule has 1 saturated heterocycles. The highest BCUT2D eigenvalue weighted by molar-refractivity contribution is 8.13. The number of hydrogen-bond donors (Lipinski definition) is 9. The van der Waals surface area contributed by atoms with Crippen LogP contribution in [0.4, 0.5) is 5.82 Å². The molecule has 10 unspecified atom stereocenters. The summed E-state index contributed by atoms with van der Waals surface area (Å²) in [5.74, 6) is -0.387. The number of fused-ring (bicyclic) bond motifs is 1. The SMILES string of the molecule is CC(C)CCCC(C)CCCC(C)CCC(=O)C(C)C(=O)SCCNC(=O)CCNC(=O)C(O)C(C)(C)COP(=O)(O)OP(=O)(O)OCC1OC(n2cnc3c(N)ncnc32)C(O)C1OP(=O)(O)O. The molecule has 0 aromatic carbocycles. The minimum Gasteiger partial charge on any atom is -0.386 e. The van der Waals surface area contributed by atoms with Crippen molar-refractivity contribution in [2.45, 2.75) is 137 Å². The lowest BCUT2D eigenvalue weighted by Crippen LogP contribution is -2.46. The highest BCUT2D eigenvalue weighted by Crippen LogP contribution is 2.61. The van der Waals surface area contributed by atoms with E-state index in [1.807, 2.05) is 0 Å². The number of nitrogens with zero attached hydrogens (tertiary/aromatic N) is 4. The van der Waals surface area contributed by atoms with E-state index >= 15 is 0 Å². The summed E-state index contributed by atoms with van der Waals surface area (Å²) in [6, 6.07) is 0. The van der Waals surface area contributed by atoms with Crippen LogP contribution in [0.1, 0.15) is 112 Å². The van der Waals surface area contributed by atoms with Crippen LogP contribution in [0.25, 0.3) is 11.2 Å². The van der Waals surface area contributed by atoms with Crippen LogP contribution in [0.3, 0.4) is 0 Å². The summed E-state index contributed by atoms with van der Waals surface area (Å²) in [6.45, 7) is 10.8. The Hall–Kier alpha value is -2.77. The molecule has 3 heterocycles. The highest BCUT2D eigenvalue weighted by Gasteiger charge is 2.50. The third-order valence-corrected chi connectivity index (χ3v) is 15.5. The second-order valence-electron chi connectivity index (χ2n) is 18.4. The van der Waals surface area contributed by atoms with Gasteiger partial charge in [-0.25, -0.2) is 28.6 Å². The fourth-order valence-corrected chi connectivity index (χ4v) is 10.7. The largest absolute Gasteiger partial charge is 0.481 e. The van der Waals surface area contributed by atoms with Gasteiger partial charge in [-0.05, 0) is 31.1 Å². The summed E-state index contributed by atoms with van der Waals surface area (Å²) in [5, 5.41) is 26.3. The molecular formula is C40H70N7O18P3S. The van der Waals surface area contributed by atoms with Crippen LogP contribution in [0, 0.1) is 29.1 Å². The van der Waals surface area contributed by atoms with E-state index in [0.29, 0.717) is 18.3 Å². The van der Waals surface area contributed by atoms with Crippen molar-refractivity contribution in [3.63, 3.8) is 0 Å². The molecule has 1 aliphatic heterocycles. The van der Waals surface area contributed by atoms with Crippen molar-refractivity contribution < 1.29 is 85.3 Å². The van der Waals surface area contributed by atoms with Crippen LogP contribution in [-0.4, -0.2) is 128 Å². The maximum atomic E-state index is 12.8. The second kappa shape index (κ2) is 27.3. The van der Waals surface area contributed by atoms with E-state index < -0.39 is 90.5 Å². The molecule has 1 fully saturated rings. The van der Waals surface area contributed by atoms with Crippen LogP contribution >= 0.6 is 35.2 Å². The third-order valence-electron chi connectivity index (χ3n) is 11.3. The first-order valence-corrected chi connectivity index (χ1v) is 28.1. The molecule has 0 saturated carbocycles. The number of phosphoric ester groups is 3. The second-order valence-corrected chi connectivity index (χ2v) is 23.8. The van der Waals surface area contributed by atoms with Gasteiger partial charge in [0.15, 0.2) is 22.8 Å². The Labute approximate surface area is 405 Å². The Morgan fingerprint density at radius 3 is 2.14 bits per heavy atom. The molecule has 1 aliphatic rings. The summed E-state index contributed by atoms with van der Waals surface area (Å²) < 4.78 is 62.5. The molecule has 394 valence electrons. The summed E-state index contributed by atoms with van der Waals surface area (Å²) in [6.07, 6.45) is 1.10. The average molecular weight is 1060 g/mol. The van der Waals surface area contributed by atoms with Crippen molar-refractivity contribution in [1.82, 2.24) is 30.2 Å². The van der Waals surface area contributed by atoms with Gasteiger partial charge >= 0.3 is 23.5 Å². The van der Waals surface area contributed by atoms with E-state index in [0.717, 1.165) is 54.2 Å². The van der Waals surface area contributed by atoms with Gasteiger partial charge in [0.25, 0.3) is 0 Å². The number of phosphoric acid groups is 3. The molecule has 2 aromatic heterocycles. The first kappa shape index (κ1) is 60.5. The van der Waals surface area contributed by atoms with Crippen molar-refractivity contribution in [3.8, 4) is 0 Å². The normalized spacial score (nSPS) is 21.3. The van der Waals surface area contributed by atoms with Crippen molar-refractivity contribution in [3.05, 3.63) is 12.7 Å². The Bertz CT molecular complexity index is 2160. The number of anilines is 1. The van der Waals surface area contributed by atoms with Crippen LogP contribution < -0.4 is 16.4 Å². The zero-order chi connectivity index (χ0) is 51.9. The predicted molar refractivity (Wildman–Crippen MR) is 251 cm³/mol. The van der Waals surface area contributed by atoms with Gasteiger partial charge in [-0.15, -0.1) is 0 Å². The van der Waals surface area contributed by atoms with Gasteiger partial charge in [0.1, 0.15) is 42.0 Å². The van der Waals surface area contributed by atoms with Crippen LogP contribution in [-0.2, 0) is 55.5 Å². The molecule has 2 amide bonds. The number of nitrogens with one attached hydrogen (secondary N) is 2. The van der Waals surface area contributed by atoms with Gasteiger partial charge in [-0.2, -0.15) is 4.31 Å². The number of rotatable bonds is 32. The van der Waals surface area contributed by atoms with Crippen LogP contribution in [0.5, 0.6) is 0 Å². The van der Waals surface area contributed by atoms with Gasteiger partial charge in [-0.1, -0.05) is 91.8 Å². The number of aliphatic hydroxyl groups excluding tert-OH is 2. The fourth-order valence-electron chi connectivity index (χ4n) is 7.12. The smallest absolute Gasteiger partial charge is 0.386 e. The highest BCUT2D eigenvalue weighted by atomic mass is 32.2. The number of thioether (sulfide) groups is 1. The summed E-state index contributed by atoms with van der Waals surface area (Å²) in [5.41, 5.74) is 4.24. The van der Waals surface area contributed by atoms with Gasteiger partial charge in [0, 0.05) is 37.1 Å². The topological polar surface area (TPSA) is 381 Å². The molecule has 3 rings (SSSR count). The summed E-state index contributed by atoms with van der Waals surface area (Å²) in [7, 11) is -16.5. The molecular weight excluding hydrogens is 991 g/mol. The van der Waals surface area contributed by atoms with Gasteiger partial charge in [0.05, 0.1) is 25.5 Å². The van der Waals surface area contributed by atoms with Crippen molar-refractivity contribution in [1.29, 1.82) is 0 Å². The number of Topliss-reactive ketones (excluding diaryl/α,β-unsaturated/α-hetero) is 1. The number of carbonyl (C=O) groups excluding carboxylic acids is 4. The van der Waals surface area contributed by atoms with Gasteiger partial charge < -0.3 is 50.9 Å². The molecule has 69 heavy (non-hydrogen) atoms. The number of nitrogen functional groups attached to an aromatic ring is 1. The number of carbonyl (C=O) groups is 4. The number of amides is 2. The number of hydrogen-bond acceptors (Lipinski definition) is 19. The van der Waals surface area contributed by atoms with E-state index in [2.05, 4.69) is 62.1 Å². The lowest BCUT2D eigenvalue weighted by molar-refractivity contribution is -0.137. The van der Waals surface area contributed by atoms with Gasteiger partial charge in [0.2, 0.25) is 11.8 Å². The summed E-state index contributed by atoms with van der Waals surface area (Å²) in [4.78, 5) is 102. The number of nitrogens with two attached hydrogens (primary N) is 1. The van der Waals surface area contributed by atoms with E-state index in [4.69, 9.17) is 19.5 Å². The fraction of sp³-hybridized carbons (Fsp3) is 0.775. The number of imidazole rings is 1. The Balaban J connectivity index is 1.36. The zero-order valence-corrected chi connectivity index (χ0v) is 43.4. The predicted octanol–water partition coefficient (Wildman–Crippen LogP) is 3.92. The average Bonchev–Trinajstić information content (AvgIpc) is 3.81. The lowest BCUT2D eigenvalue weighted by Gasteiger charge is -2.30. The molecule has 0 spiro atoms. The Morgan fingerprint density at radius 1 is 0.884 bits per heavy atom. The third kappa shape index (κ3) is 20.7. The molecule has 0 aliphatic carbocycles. The monoisotopic (exact) mass is 1060 g/mol. The van der Waals surface area contributed by atoms with E-state index in [1.165, 1.54) is 39.5 Å². The number of aromatic nitrogens is 4. The number of ketones is 1. The van der Waals surface area contributed by atoms with Gasteiger partial charge in [-0.3, -0.25) is 37.3 Å². The molecule has 10 N–H and O–H groups in total. The maximum Gasteiger partial charge on any atom is 0.481 e. The maximum absolute atomic E-state index is 12.8. The Kier molecular flexibility index (Phi) is 24.0. The van der Waals surface area contributed by atoms with Crippen molar-refractivity contribution in [2.75, 3.05) is 37.8 Å². The standard InChI is InChI=1S/C40H70N7O18P3S/c1-24(2)10-8-11-25(3)12-9-13-26(4)14-15-28(48)27(5)39(53)69-19-18-42-30(49)16-17-43-37(52)34(51)40(6,7)21-62-68(59,60)65-67(57,58)61-20-29-33(64-66(54,55)56)32(50)38(63-29)47-23-46-31-35(41)44-22-45-36(31)47/h22-27,29,32-34,38,50-51H,8-21H2,1-7H3,(H,42,49)(H,43,52)(H,57,58)(H,59,60)(H2,41,44,45)(H2,54,55,56). The minimum absolute atomic E-state index is 0.0254. The lowest BCUT2D eigenvalue weighted by atomic mass is 9.87. The first-order chi connectivity index (χ1) is 32.0. The molecule has 29 heteroatoms. The van der Waals surface area contributed by atoms with E-state index in [-0.39, 0.29) is 53.1 Å². The van der Waals surface area contributed by atoms with Crippen molar-refractivity contribution in [2.24, 2.45) is 29.1 Å². The number of aliphatic hydroxyl groups is 2. The van der Waals surface area contributed by atoms with Crippen LogP contribution in [0.2, 0.25) is 0 Å². The first-order valence-electron chi connectivity index (χ1n) is 22.6. The molecule has 25 nitrogen and oxygen atoms in total. The summed E-state index contributed by atoms with van der Waals surface area (Å²) >= 11 is 0.945.